The van der Waals surface area contributed by atoms with E-state index in [1.807, 2.05) is 12.3 Å². The summed E-state index contributed by atoms with van der Waals surface area (Å²) >= 11 is 17.4. The first kappa shape index (κ1) is 10.8. The summed E-state index contributed by atoms with van der Waals surface area (Å²) in [6.45, 7) is 0. The second-order valence-electron chi connectivity index (χ2n) is 3.01. The van der Waals surface area contributed by atoms with Crippen molar-refractivity contribution >= 4 is 34.8 Å². The molecule has 1 heterocycles. The Labute approximate surface area is 102 Å². The van der Waals surface area contributed by atoms with Crippen molar-refractivity contribution in [3.63, 3.8) is 0 Å². The minimum absolute atomic E-state index is 0.390. The Kier molecular flexibility index (Phi) is 3.19. The van der Waals surface area contributed by atoms with E-state index in [0.717, 1.165) is 11.4 Å². The van der Waals surface area contributed by atoms with E-state index in [1.54, 1.807) is 22.9 Å². The van der Waals surface area contributed by atoms with E-state index in [2.05, 4.69) is 5.10 Å². The van der Waals surface area contributed by atoms with Gasteiger partial charge >= 0.3 is 0 Å². The first-order valence-corrected chi connectivity index (χ1v) is 5.55. The zero-order chi connectivity index (χ0) is 10.8. The molecule has 15 heavy (non-hydrogen) atoms. The Morgan fingerprint density at radius 2 is 1.80 bits per heavy atom. The number of hydrogen-bond donors (Lipinski definition) is 0. The normalized spacial score (nSPS) is 10.6. The van der Waals surface area contributed by atoms with Crippen molar-refractivity contribution in [1.29, 1.82) is 0 Å². The molecule has 2 rings (SSSR count). The molecular formula is C10H7Cl3N2. The molecule has 0 saturated carbocycles. The van der Waals surface area contributed by atoms with Gasteiger partial charge in [-0.1, -0.05) is 23.2 Å². The van der Waals surface area contributed by atoms with Crippen LogP contribution >= 0.6 is 34.8 Å². The summed E-state index contributed by atoms with van der Waals surface area (Å²) in [5.74, 6) is 0.390. The van der Waals surface area contributed by atoms with Crippen molar-refractivity contribution in [3.8, 4) is 5.69 Å². The molecule has 78 valence electrons. The van der Waals surface area contributed by atoms with Crippen molar-refractivity contribution in [2.45, 2.75) is 5.88 Å². The molecular weight excluding hydrogens is 254 g/mol. The molecule has 0 aliphatic rings. The van der Waals surface area contributed by atoms with Crippen molar-refractivity contribution in [2.75, 3.05) is 0 Å². The molecule has 0 aliphatic carbocycles. The highest BCUT2D eigenvalue weighted by Gasteiger charge is 2.02. The van der Waals surface area contributed by atoms with Crippen LogP contribution in [0, 0.1) is 0 Å². The summed E-state index contributed by atoms with van der Waals surface area (Å²) in [6, 6.07) is 7.11. The van der Waals surface area contributed by atoms with E-state index >= 15 is 0 Å². The number of rotatable bonds is 2. The highest BCUT2D eigenvalue weighted by atomic mass is 35.5. The topological polar surface area (TPSA) is 17.8 Å². The molecule has 5 heteroatoms. The maximum atomic E-state index is 5.89. The molecule has 0 radical (unpaired) electrons. The Morgan fingerprint density at radius 1 is 1.13 bits per heavy atom. The van der Waals surface area contributed by atoms with Crippen molar-refractivity contribution in [3.05, 3.63) is 46.2 Å². The van der Waals surface area contributed by atoms with Gasteiger partial charge in [-0.15, -0.1) is 11.6 Å². The zero-order valence-corrected chi connectivity index (χ0v) is 9.89. The molecule has 0 bridgehead atoms. The van der Waals surface area contributed by atoms with Gasteiger partial charge in [0.05, 0.1) is 17.3 Å². The van der Waals surface area contributed by atoms with Crippen molar-refractivity contribution in [2.24, 2.45) is 0 Å². The van der Waals surface area contributed by atoms with Crippen LogP contribution in [0.15, 0.2) is 30.5 Å². The van der Waals surface area contributed by atoms with E-state index in [1.165, 1.54) is 0 Å². The summed E-state index contributed by atoms with van der Waals surface area (Å²) in [7, 11) is 0. The predicted octanol–water partition coefficient (Wildman–Crippen LogP) is 3.92. The van der Waals surface area contributed by atoms with E-state index in [9.17, 15) is 0 Å². The quantitative estimate of drug-likeness (QED) is 0.749. The lowest BCUT2D eigenvalue weighted by atomic mass is 10.3. The smallest absolute Gasteiger partial charge is 0.0776 e. The number of halogens is 3. The van der Waals surface area contributed by atoms with Gasteiger partial charge in [-0.05, 0) is 24.3 Å². The molecule has 0 unspecified atom stereocenters. The third-order valence-corrected chi connectivity index (χ3v) is 2.60. The molecule has 0 N–H and O–H groups in total. The SMILES string of the molecule is ClCc1ccn(-c2cc(Cl)cc(Cl)c2)n1. The number of nitrogens with zero attached hydrogens (tertiary/aromatic N) is 2. The Morgan fingerprint density at radius 3 is 2.33 bits per heavy atom. The number of benzene rings is 1. The first-order valence-electron chi connectivity index (χ1n) is 4.26. The standard InChI is InChI=1S/C10H7Cl3N2/c11-6-9-1-2-15(14-9)10-4-7(12)3-8(13)5-10/h1-5H,6H2. The highest BCUT2D eigenvalue weighted by molar-refractivity contribution is 6.34. The highest BCUT2D eigenvalue weighted by Crippen LogP contribution is 2.21. The average Bonchev–Trinajstić information content (AvgIpc) is 2.64. The maximum absolute atomic E-state index is 5.89. The van der Waals surface area contributed by atoms with E-state index in [4.69, 9.17) is 34.8 Å². The second-order valence-corrected chi connectivity index (χ2v) is 4.15. The van der Waals surface area contributed by atoms with Gasteiger partial charge in [-0.3, -0.25) is 0 Å². The summed E-state index contributed by atoms with van der Waals surface area (Å²) in [5, 5.41) is 5.42. The van der Waals surface area contributed by atoms with Crippen LogP contribution in [0.5, 0.6) is 0 Å². The van der Waals surface area contributed by atoms with Gasteiger partial charge in [0, 0.05) is 16.2 Å². The summed E-state index contributed by atoms with van der Waals surface area (Å²) in [4.78, 5) is 0. The van der Waals surface area contributed by atoms with Crippen LogP contribution in [-0.4, -0.2) is 9.78 Å². The fourth-order valence-corrected chi connectivity index (χ4v) is 1.91. The average molecular weight is 262 g/mol. The lowest BCUT2D eigenvalue weighted by molar-refractivity contribution is 0.859. The largest absolute Gasteiger partial charge is 0.241 e. The third-order valence-electron chi connectivity index (χ3n) is 1.89. The number of hydrogen-bond acceptors (Lipinski definition) is 1. The molecule has 2 nitrogen and oxygen atoms in total. The van der Waals surface area contributed by atoms with Crippen LogP contribution in [0.2, 0.25) is 10.0 Å². The fraction of sp³-hybridized carbons (Fsp3) is 0.100. The molecule has 1 aromatic carbocycles. The molecule has 0 spiro atoms. The van der Waals surface area contributed by atoms with E-state index in [0.29, 0.717) is 15.9 Å². The van der Waals surface area contributed by atoms with Gasteiger partial charge in [0.15, 0.2) is 0 Å². The molecule has 0 saturated heterocycles. The van der Waals surface area contributed by atoms with Gasteiger partial charge < -0.3 is 0 Å². The zero-order valence-electron chi connectivity index (χ0n) is 7.62. The Bertz CT molecular complexity index is 459. The molecule has 0 amide bonds. The predicted molar refractivity (Wildman–Crippen MR) is 63.1 cm³/mol. The van der Waals surface area contributed by atoms with Crippen LogP contribution in [0.25, 0.3) is 5.69 Å². The second kappa shape index (κ2) is 4.44. The van der Waals surface area contributed by atoms with Gasteiger partial charge in [0.2, 0.25) is 0 Å². The fourth-order valence-electron chi connectivity index (χ4n) is 1.25. The van der Waals surface area contributed by atoms with Crippen LogP contribution in [0.1, 0.15) is 5.69 Å². The summed E-state index contributed by atoms with van der Waals surface area (Å²) in [5.41, 5.74) is 1.64. The van der Waals surface area contributed by atoms with E-state index < -0.39 is 0 Å². The van der Waals surface area contributed by atoms with Crippen LogP contribution in [-0.2, 0) is 5.88 Å². The monoisotopic (exact) mass is 260 g/mol. The molecule has 2 aromatic rings. The van der Waals surface area contributed by atoms with Gasteiger partial charge in [0.25, 0.3) is 0 Å². The van der Waals surface area contributed by atoms with Gasteiger partial charge in [0.1, 0.15) is 0 Å². The van der Waals surface area contributed by atoms with E-state index in [-0.39, 0.29) is 0 Å². The molecule has 1 aromatic heterocycles. The summed E-state index contributed by atoms with van der Waals surface area (Å²) < 4.78 is 1.69. The van der Waals surface area contributed by atoms with Crippen LogP contribution in [0.3, 0.4) is 0 Å². The Balaban J connectivity index is 2.44. The minimum Gasteiger partial charge on any atom is -0.241 e. The Hall–Kier alpha value is -0.700. The molecule has 0 aliphatic heterocycles. The first-order chi connectivity index (χ1) is 7.19. The summed E-state index contributed by atoms with van der Waals surface area (Å²) in [6.07, 6.45) is 1.82. The number of alkyl halides is 1. The van der Waals surface area contributed by atoms with Crippen molar-refractivity contribution < 1.29 is 0 Å². The molecule has 0 fully saturated rings. The van der Waals surface area contributed by atoms with Gasteiger partial charge in [-0.2, -0.15) is 5.10 Å². The third kappa shape index (κ3) is 2.46. The van der Waals surface area contributed by atoms with Crippen LogP contribution in [0.4, 0.5) is 0 Å². The van der Waals surface area contributed by atoms with Crippen molar-refractivity contribution in [1.82, 2.24) is 9.78 Å². The van der Waals surface area contributed by atoms with Crippen LogP contribution < -0.4 is 0 Å². The lowest BCUT2D eigenvalue weighted by Crippen LogP contribution is -1.95. The lowest BCUT2D eigenvalue weighted by Gasteiger charge is -2.02. The number of aromatic nitrogens is 2. The molecule has 0 atom stereocenters. The maximum Gasteiger partial charge on any atom is 0.0776 e. The van der Waals surface area contributed by atoms with Gasteiger partial charge in [-0.25, -0.2) is 4.68 Å². The minimum atomic E-state index is 0.390.